The van der Waals surface area contributed by atoms with Gasteiger partial charge in [0, 0.05) is 22.3 Å². The number of rotatable bonds is 12. The van der Waals surface area contributed by atoms with E-state index < -0.39 is 12.2 Å². The lowest BCUT2D eigenvalue weighted by Gasteiger charge is -2.31. The Labute approximate surface area is 276 Å². The van der Waals surface area contributed by atoms with Crippen molar-refractivity contribution in [1.29, 1.82) is 0 Å². The molecule has 0 aromatic heterocycles. The Morgan fingerprint density at radius 1 is 0.362 bits per heavy atom. The average Bonchev–Trinajstić information content (AvgIpc) is 3.16. The first-order valence-corrected chi connectivity index (χ1v) is 15.6. The van der Waals surface area contributed by atoms with Crippen LogP contribution in [0.4, 0.5) is 0 Å². The molecule has 6 aromatic rings. The topological polar surface area (TPSA) is 43.4 Å². The van der Waals surface area contributed by atoms with Crippen molar-refractivity contribution in [2.75, 3.05) is 0 Å². The van der Waals surface area contributed by atoms with Crippen LogP contribution >= 0.6 is 0 Å². The Morgan fingerprint density at radius 2 is 0.617 bits per heavy atom. The van der Waals surface area contributed by atoms with Crippen LogP contribution in [0.1, 0.15) is 45.6 Å². The van der Waals surface area contributed by atoms with Crippen LogP contribution in [0.2, 0.25) is 0 Å². The minimum atomic E-state index is -0.702. The number of carbonyl (C=O) groups excluding carboxylic acids is 2. The summed E-state index contributed by atoms with van der Waals surface area (Å²) < 4.78 is 7.43. The molecule has 2 unspecified atom stereocenters. The first-order chi connectivity index (χ1) is 23.3. The van der Waals surface area contributed by atoms with E-state index in [9.17, 15) is 9.59 Å². The first kappa shape index (κ1) is 31.1. The second kappa shape index (κ2) is 15.4. The summed E-state index contributed by atoms with van der Waals surface area (Å²) in [5, 5.41) is 0. The van der Waals surface area contributed by atoms with Gasteiger partial charge in [-0.1, -0.05) is 182 Å². The van der Waals surface area contributed by atoms with Gasteiger partial charge in [0.2, 0.25) is 0 Å². The lowest BCUT2D eigenvalue weighted by Crippen LogP contribution is -2.17. The highest BCUT2D eigenvalue weighted by Crippen LogP contribution is 2.46. The molecule has 0 fully saturated rings. The summed E-state index contributed by atoms with van der Waals surface area (Å²) in [4.78, 5) is 26.3. The smallest absolute Gasteiger partial charge is 0.151 e. The van der Waals surface area contributed by atoms with Gasteiger partial charge < -0.3 is 4.74 Å². The van der Waals surface area contributed by atoms with E-state index in [0.29, 0.717) is 11.1 Å². The zero-order valence-corrected chi connectivity index (χ0v) is 25.9. The third-order valence-electron chi connectivity index (χ3n) is 8.16. The van der Waals surface area contributed by atoms with Crippen LogP contribution in [0.3, 0.4) is 0 Å². The molecule has 0 spiro atoms. The Hall–Kier alpha value is -5.90. The standard InChI is InChI=1S/C44H34O3/c45-31-39(33-19-7-1-8-20-33)41(35-23-11-3-12-24-35)43(37-27-15-5-16-28-37)47-44(38-29-17-6-18-30-38)42(36-25-13-4-14-26-36)40(32-46)34-21-9-2-10-22-34/h1-32,43-44H. The molecule has 0 aliphatic carbocycles. The van der Waals surface area contributed by atoms with Gasteiger partial charge >= 0.3 is 0 Å². The van der Waals surface area contributed by atoms with Crippen molar-refractivity contribution in [3.8, 4) is 0 Å². The minimum absolute atomic E-state index is 0.529. The van der Waals surface area contributed by atoms with Crippen LogP contribution in [0.15, 0.2) is 182 Å². The Balaban J connectivity index is 1.67. The third-order valence-corrected chi connectivity index (χ3v) is 8.16. The van der Waals surface area contributed by atoms with E-state index >= 15 is 0 Å². The highest BCUT2D eigenvalue weighted by molar-refractivity contribution is 6.19. The molecule has 3 heteroatoms. The molecule has 0 heterocycles. The van der Waals surface area contributed by atoms with Crippen LogP contribution in [0.5, 0.6) is 0 Å². The monoisotopic (exact) mass is 610 g/mol. The molecule has 0 aliphatic rings. The highest BCUT2D eigenvalue weighted by atomic mass is 16.5. The van der Waals surface area contributed by atoms with Crippen LogP contribution in [0.25, 0.3) is 22.3 Å². The summed E-state index contributed by atoms with van der Waals surface area (Å²) in [6, 6.07) is 59.1. The van der Waals surface area contributed by atoms with Crippen LogP contribution in [-0.2, 0) is 14.3 Å². The molecular weight excluding hydrogens is 576 g/mol. The van der Waals surface area contributed by atoms with Crippen molar-refractivity contribution in [3.63, 3.8) is 0 Å². The number of carbonyl (C=O) groups is 2. The number of benzene rings is 6. The molecule has 0 amide bonds. The lowest BCUT2D eigenvalue weighted by atomic mass is 9.86. The molecule has 2 atom stereocenters. The molecular formula is C44H34O3. The van der Waals surface area contributed by atoms with Crippen LogP contribution in [-0.4, -0.2) is 12.6 Å². The fraction of sp³-hybridized carbons (Fsp3) is 0.0455. The zero-order valence-electron chi connectivity index (χ0n) is 25.9. The van der Waals surface area contributed by atoms with Gasteiger partial charge in [-0.05, 0) is 33.4 Å². The van der Waals surface area contributed by atoms with Crippen molar-refractivity contribution in [2.45, 2.75) is 12.2 Å². The third kappa shape index (κ3) is 7.17. The Bertz CT molecular complexity index is 1800. The second-order valence-electron chi connectivity index (χ2n) is 11.1. The van der Waals surface area contributed by atoms with Crippen molar-refractivity contribution >= 4 is 34.9 Å². The van der Waals surface area contributed by atoms with Gasteiger partial charge in [-0.2, -0.15) is 0 Å². The molecule has 0 radical (unpaired) electrons. The summed E-state index contributed by atoms with van der Waals surface area (Å²) in [5.41, 5.74) is 7.59. The average molecular weight is 611 g/mol. The van der Waals surface area contributed by atoms with Crippen molar-refractivity contribution in [3.05, 3.63) is 215 Å². The fourth-order valence-corrected chi connectivity index (χ4v) is 5.96. The predicted octanol–water partition coefficient (Wildman–Crippen LogP) is 10.1. The lowest BCUT2D eigenvalue weighted by molar-refractivity contribution is -0.104. The van der Waals surface area contributed by atoms with Crippen molar-refractivity contribution < 1.29 is 14.3 Å². The molecule has 0 N–H and O–H groups in total. The first-order valence-electron chi connectivity index (χ1n) is 15.6. The number of hydrogen-bond donors (Lipinski definition) is 0. The van der Waals surface area contributed by atoms with E-state index in [2.05, 4.69) is 0 Å². The maximum atomic E-state index is 13.1. The molecule has 0 bridgehead atoms. The summed E-state index contributed by atoms with van der Waals surface area (Å²) in [6.07, 6.45) is 0.435. The Kier molecular flexibility index (Phi) is 10.2. The normalized spacial score (nSPS) is 13.4. The molecule has 6 aromatic carbocycles. The van der Waals surface area contributed by atoms with E-state index in [1.54, 1.807) is 0 Å². The molecule has 0 saturated carbocycles. The summed E-state index contributed by atoms with van der Waals surface area (Å²) in [5.74, 6) is 0. The second-order valence-corrected chi connectivity index (χ2v) is 11.1. The minimum Gasteiger partial charge on any atom is -0.356 e. The highest BCUT2D eigenvalue weighted by Gasteiger charge is 2.31. The van der Waals surface area contributed by atoms with Gasteiger partial charge in [-0.25, -0.2) is 0 Å². The van der Waals surface area contributed by atoms with E-state index in [1.807, 2.05) is 182 Å². The predicted molar refractivity (Wildman–Crippen MR) is 191 cm³/mol. The largest absolute Gasteiger partial charge is 0.356 e. The zero-order chi connectivity index (χ0) is 32.3. The molecule has 3 nitrogen and oxygen atoms in total. The van der Waals surface area contributed by atoms with Crippen molar-refractivity contribution in [2.24, 2.45) is 0 Å². The fourth-order valence-electron chi connectivity index (χ4n) is 5.96. The molecule has 6 rings (SSSR count). The summed E-state index contributed by atoms with van der Waals surface area (Å²) >= 11 is 0. The Morgan fingerprint density at radius 3 is 0.894 bits per heavy atom. The molecule has 47 heavy (non-hydrogen) atoms. The van der Waals surface area contributed by atoms with Gasteiger partial charge in [-0.15, -0.1) is 0 Å². The van der Waals surface area contributed by atoms with Crippen LogP contribution < -0.4 is 0 Å². The van der Waals surface area contributed by atoms with E-state index in [1.165, 1.54) is 0 Å². The number of aldehydes is 2. The van der Waals surface area contributed by atoms with E-state index in [-0.39, 0.29) is 0 Å². The SMILES string of the molecule is O=CC(=C(c1ccccc1)C(OC(C(=C(C=O)c1ccccc1)c1ccccc1)c1ccccc1)c1ccccc1)c1ccccc1. The van der Waals surface area contributed by atoms with Gasteiger partial charge in [0.15, 0.2) is 12.6 Å². The maximum Gasteiger partial charge on any atom is 0.151 e. The molecule has 0 saturated heterocycles. The van der Waals surface area contributed by atoms with Gasteiger partial charge in [0.05, 0.1) is 0 Å². The molecule has 0 aliphatic heterocycles. The van der Waals surface area contributed by atoms with Gasteiger partial charge in [-0.3, -0.25) is 9.59 Å². The summed E-state index contributed by atoms with van der Waals surface area (Å²) in [6.45, 7) is 0. The van der Waals surface area contributed by atoms with E-state index in [4.69, 9.17) is 4.74 Å². The quantitative estimate of drug-likeness (QED) is 0.0787. The van der Waals surface area contributed by atoms with Crippen molar-refractivity contribution in [1.82, 2.24) is 0 Å². The number of hydrogen-bond acceptors (Lipinski definition) is 3. The number of allylic oxidation sites excluding steroid dienone is 2. The molecule has 228 valence electrons. The van der Waals surface area contributed by atoms with Gasteiger partial charge in [0.1, 0.15) is 12.2 Å². The number of ether oxygens (including phenoxy) is 1. The van der Waals surface area contributed by atoms with Gasteiger partial charge in [0.25, 0.3) is 0 Å². The maximum absolute atomic E-state index is 13.1. The van der Waals surface area contributed by atoms with Crippen LogP contribution in [0, 0.1) is 0 Å². The summed E-state index contributed by atoms with van der Waals surface area (Å²) in [7, 11) is 0. The van der Waals surface area contributed by atoms with E-state index in [0.717, 1.165) is 57.1 Å².